The van der Waals surface area contributed by atoms with Crippen molar-refractivity contribution in [3.63, 3.8) is 0 Å². The van der Waals surface area contributed by atoms with E-state index in [1.54, 1.807) is 0 Å². The Morgan fingerprint density at radius 1 is 1.38 bits per heavy atom. The van der Waals surface area contributed by atoms with Crippen LogP contribution in [0.1, 0.15) is 0 Å². The lowest BCUT2D eigenvalue weighted by atomic mass is 11.9. The van der Waals surface area contributed by atoms with E-state index in [0.29, 0.717) is 0 Å². The molecule has 0 aliphatic rings. The highest BCUT2D eigenvalue weighted by atomic mass is 28.4. The Labute approximate surface area is 50.6 Å². The maximum absolute atomic E-state index is 8.82. The molecule has 0 rings (SSSR count). The van der Waals surface area contributed by atoms with Gasteiger partial charge in [-0.2, -0.15) is 0 Å². The first-order chi connectivity index (χ1) is 3.42. The zero-order valence-corrected chi connectivity index (χ0v) is 6.98. The van der Waals surface area contributed by atoms with Crippen LogP contribution in [0.25, 0.3) is 0 Å². The SMILES string of the molecule is C[Si](C)(O)O[SiH](O)O. The lowest BCUT2D eigenvalue weighted by Gasteiger charge is -2.14. The molecule has 0 saturated heterocycles. The van der Waals surface area contributed by atoms with Gasteiger partial charge in [-0.25, -0.2) is 0 Å². The summed E-state index contributed by atoms with van der Waals surface area (Å²) in [6.45, 7) is 2.94. The average Bonchev–Trinajstić information content (AvgIpc) is 1.21. The third-order valence-electron chi connectivity index (χ3n) is 0.394. The number of rotatable bonds is 2. The van der Waals surface area contributed by atoms with Gasteiger partial charge in [-0.05, 0) is 13.1 Å². The van der Waals surface area contributed by atoms with Crippen molar-refractivity contribution in [2.45, 2.75) is 13.1 Å². The van der Waals surface area contributed by atoms with Crippen LogP contribution < -0.4 is 0 Å². The summed E-state index contributed by atoms with van der Waals surface area (Å²) in [5.74, 6) is 0. The molecule has 0 aliphatic carbocycles. The van der Waals surface area contributed by atoms with E-state index in [2.05, 4.69) is 4.12 Å². The Morgan fingerprint density at radius 2 is 1.75 bits per heavy atom. The van der Waals surface area contributed by atoms with E-state index < -0.39 is 18.1 Å². The Bertz CT molecular complexity index is 66.9. The molecule has 0 fully saturated rings. The molecule has 0 aliphatic heterocycles. The first-order valence-corrected chi connectivity index (χ1v) is 6.54. The quantitative estimate of drug-likeness (QED) is 0.419. The summed E-state index contributed by atoms with van der Waals surface area (Å²) >= 11 is 0. The predicted molar refractivity (Wildman–Crippen MR) is 32.4 cm³/mol. The molecule has 6 heteroatoms. The fourth-order valence-corrected chi connectivity index (χ4v) is 2.32. The van der Waals surface area contributed by atoms with Crippen LogP contribution in [0.3, 0.4) is 0 Å². The minimum Gasteiger partial charge on any atom is -0.411 e. The molecule has 0 saturated carbocycles. The van der Waals surface area contributed by atoms with Gasteiger partial charge < -0.3 is 18.5 Å². The second-order valence-electron chi connectivity index (χ2n) is 1.89. The molecule has 8 heavy (non-hydrogen) atoms. The van der Waals surface area contributed by atoms with Gasteiger partial charge in [0.15, 0.2) is 0 Å². The summed E-state index contributed by atoms with van der Waals surface area (Å²) in [6.07, 6.45) is 0. The van der Waals surface area contributed by atoms with Crippen molar-refractivity contribution >= 4 is 18.1 Å². The van der Waals surface area contributed by atoms with Gasteiger partial charge in [0.2, 0.25) is 0 Å². The van der Waals surface area contributed by atoms with Crippen molar-refractivity contribution in [2.24, 2.45) is 0 Å². The standard InChI is InChI=1S/C2H10O4Si2/c1-8(2,5)6-7(3)4/h3-5,7H,1-2H3. The van der Waals surface area contributed by atoms with Crippen molar-refractivity contribution in [3.8, 4) is 0 Å². The Balaban J connectivity index is 3.39. The molecule has 0 aromatic carbocycles. The summed E-state index contributed by atoms with van der Waals surface area (Å²) in [5, 5.41) is 0. The van der Waals surface area contributed by atoms with Crippen LogP contribution in [0.2, 0.25) is 13.1 Å². The molecule has 0 amide bonds. The van der Waals surface area contributed by atoms with Crippen LogP contribution in [0.5, 0.6) is 0 Å². The number of hydrogen-bond acceptors (Lipinski definition) is 4. The normalized spacial score (nSPS) is 12.8. The second kappa shape index (κ2) is 2.71. The van der Waals surface area contributed by atoms with Gasteiger partial charge in [-0.3, -0.25) is 0 Å². The topological polar surface area (TPSA) is 69.9 Å². The van der Waals surface area contributed by atoms with Gasteiger partial charge in [0.25, 0.3) is 0 Å². The van der Waals surface area contributed by atoms with Crippen molar-refractivity contribution in [2.75, 3.05) is 0 Å². The van der Waals surface area contributed by atoms with E-state index in [-0.39, 0.29) is 0 Å². The predicted octanol–water partition coefficient (Wildman–Crippen LogP) is -1.60. The first-order valence-electron chi connectivity index (χ1n) is 2.18. The highest BCUT2D eigenvalue weighted by Crippen LogP contribution is 1.96. The van der Waals surface area contributed by atoms with E-state index in [1.807, 2.05) is 0 Å². The van der Waals surface area contributed by atoms with E-state index in [9.17, 15) is 0 Å². The highest BCUT2D eigenvalue weighted by molar-refractivity contribution is 6.68. The van der Waals surface area contributed by atoms with Crippen LogP contribution in [0.15, 0.2) is 0 Å². The smallest absolute Gasteiger partial charge is 0.411 e. The second-order valence-corrected chi connectivity index (χ2v) is 6.38. The summed E-state index contributed by atoms with van der Waals surface area (Å²) in [7, 11) is -5.64. The molecule has 3 N–H and O–H groups in total. The van der Waals surface area contributed by atoms with Gasteiger partial charge in [0, 0.05) is 0 Å². The monoisotopic (exact) mass is 154 g/mol. The van der Waals surface area contributed by atoms with Crippen molar-refractivity contribution < 1.29 is 18.5 Å². The van der Waals surface area contributed by atoms with Gasteiger partial charge in [-0.1, -0.05) is 0 Å². The zero-order chi connectivity index (χ0) is 6.78. The van der Waals surface area contributed by atoms with E-state index in [0.717, 1.165) is 0 Å². The highest BCUT2D eigenvalue weighted by Gasteiger charge is 2.22. The molecular weight excluding hydrogens is 144 g/mol. The van der Waals surface area contributed by atoms with Crippen LogP contribution in [0, 0.1) is 0 Å². The molecule has 50 valence electrons. The summed E-state index contributed by atoms with van der Waals surface area (Å²) in [5.41, 5.74) is 0. The summed E-state index contributed by atoms with van der Waals surface area (Å²) in [6, 6.07) is 0. The van der Waals surface area contributed by atoms with Gasteiger partial charge in [-0.15, -0.1) is 0 Å². The molecule has 0 bridgehead atoms. The van der Waals surface area contributed by atoms with Gasteiger partial charge in [0.1, 0.15) is 0 Å². The minimum atomic E-state index is -2.98. The number of hydrogen-bond donors (Lipinski definition) is 3. The van der Waals surface area contributed by atoms with E-state index in [1.165, 1.54) is 13.1 Å². The molecular formula is C2H10O4Si2. The van der Waals surface area contributed by atoms with Crippen LogP contribution in [-0.4, -0.2) is 32.5 Å². The fraction of sp³-hybridized carbons (Fsp3) is 1.00. The Morgan fingerprint density at radius 3 is 1.75 bits per heavy atom. The van der Waals surface area contributed by atoms with Crippen LogP contribution >= 0.6 is 0 Å². The van der Waals surface area contributed by atoms with Crippen molar-refractivity contribution in [3.05, 3.63) is 0 Å². The van der Waals surface area contributed by atoms with E-state index >= 15 is 0 Å². The van der Waals surface area contributed by atoms with Crippen molar-refractivity contribution in [1.29, 1.82) is 0 Å². The van der Waals surface area contributed by atoms with Crippen LogP contribution in [0.4, 0.5) is 0 Å². The van der Waals surface area contributed by atoms with Crippen molar-refractivity contribution in [1.82, 2.24) is 0 Å². The molecule has 0 heterocycles. The molecule has 0 aromatic rings. The molecule has 0 atom stereocenters. The maximum Gasteiger partial charge on any atom is 0.469 e. The Kier molecular flexibility index (Phi) is 2.81. The molecule has 0 unspecified atom stereocenters. The van der Waals surface area contributed by atoms with Gasteiger partial charge in [0.05, 0.1) is 0 Å². The lowest BCUT2D eigenvalue weighted by Crippen LogP contribution is -2.37. The third-order valence-corrected chi connectivity index (χ3v) is 3.54. The average molecular weight is 154 g/mol. The maximum atomic E-state index is 8.82. The lowest BCUT2D eigenvalue weighted by molar-refractivity contribution is 0.252. The largest absolute Gasteiger partial charge is 0.469 e. The molecule has 0 radical (unpaired) electrons. The Hall–Kier alpha value is 0.274. The van der Waals surface area contributed by atoms with Gasteiger partial charge >= 0.3 is 18.1 Å². The molecule has 0 spiro atoms. The minimum absolute atomic E-state index is 1.47. The molecule has 0 aromatic heterocycles. The first kappa shape index (κ1) is 8.27. The summed E-state index contributed by atoms with van der Waals surface area (Å²) < 4.78 is 4.38. The fourth-order valence-electron chi connectivity index (χ4n) is 0.258. The third kappa shape index (κ3) is 6.27. The zero-order valence-electron chi connectivity index (χ0n) is 4.83. The summed E-state index contributed by atoms with van der Waals surface area (Å²) in [4.78, 5) is 25.3. The van der Waals surface area contributed by atoms with E-state index in [4.69, 9.17) is 14.4 Å². The van der Waals surface area contributed by atoms with Crippen LogP contribution in [-0.2, 0) is 4.12 Å². The molecule has 4 nitrogen and oxygen atoms in total.